The lowest BCUT2D eigenvalue weighted by molar-refractivity contribution is -0.113. The zero-order valence-corrected chi connectivity index (χ0v) is 20.2. The van der Waals surface area contributed by atoms with Crippen molar-refractivity contribution >= 4 is 85.4 Å². The minimum atomic E-state index is -1.26. The number of furan rings is 1. The first-order valence-electron chi connectivity index (χ1n) is 9.09. The number of hydrogen-bond acceptors (Lipinski definition) is 6. The summed E-state index contributed by atoms with van der Waals surface area (Å²) in [5.41, 5.74) is 0.443. The quantitative estimate of drug-likeness (QED) is 0.280. The van der Waals surface area contributed by atoms with Gasteiger partial charge in [0.05, 0.1) is 26.7 Å². The molecule has 0 saturated carbocycles. The van der Waals surface area contributed by atoms with Gasteiger partial charge in [-0.2, -0.15) is 0 Å². The van der Waals surface area contributed by atoms with Gasteiger partial charge < -0.3 is 14.6 Å². The van der Waals surface area contributed by atoms with Gasteiger partial charge >= 0.3 is 11.9 Å². The molecule has 7 nitrogen and oxygen atoms in total. The van der Waals surface area contributed by atoms with E-state index in [1.54, 1.807) is 30.3 Å². The SMILES string of the molecule is O=C(O)c1cc(C(=O)O)cc(-c2ccc(/C=C3/SC(=S)N(c4ccc(Br)c(Cl)c4)C3=O)o2)c1. The maximum absolute atomic E-state index is 13.0. The van der Waals surface area contributed by atoms with E-state index in [1.165, 1.54) is 23.1 Å². The average molecular weight is 565 g/mol. The van der Waals surface area contributed by atoms with Gasteiger partial charge in [0, 0.05) is 16.1 Å². The van der Waals surface area contributed by atoms with E-state index < -0.39 is 11.9 Å². The Balaban J connectivity index is 1.65. The molecular weight excluding hydrogens is 554 g/mol. The molecule has 0 radical (unpaired) electrons. The topological polar surface area (TPSA) is 108 Å². The summed E-state index contributed by atoms with van der Waals surface area (Å²) in [7, 11) is 0. The van der Waals surface area contributed by atoms with Crippen LogP contribution in [0.4, 0.5) is 5.69 Å². The van der Waals surface area contributed by atoms with Crippen LogP contribution in [0.5, 0.6) is 0 Å². The van der Waals surface area contributed by atoms with Gasteiger partial charge in [-0.1, -0.05) is 35.6 Å². The number of thioether (sulfide) groups is 1. The van der Waals surface area contributed by atoms with E-state index in [-0.39, 0.29) is 28.4 Å². The van der Waals surface area contributed by atoms with E-state index in [9.17, 15) is 24.6 Å². The first-order chi connectivity index (χ1) is 15.6. The van der Waals surface area contributed by atoms with Crippen molar-refractivity contribution in [3.63, 3.8) is 0 Å². The van der Waals surface area contributed by atoms with Crippen LogP contribution in [0.2, 0.25) is 5.02 Å². The number of carbonyl (C=O) groups is 3. The Morgan fingerprint density at radius 1 is 1.06 bits per heavy atom. The van der Waals surface area contributed by atoms with E-state index in [4.69, 9.17) is 28.2 Å². The lowest BCUT2D eigenvalue weighted by Crippen LogP contribution is -2.27. The highest BCUT2D eigenvalue weighted by Crippen LogP contribution is 2.38. The van der Waals surface area contributed by atoms with Gasteiger partial charge in [-0.25, -0.2) is 9.59 Å². The fraction of sp³-hybridized carbons (Fsp3) is 0. The molecule has 3 aromatic rings. The van der Waals surface area contributed by atoms with Crippen molar-refractivity contribution in [2.24, 2.45) is 0 Å². The molecular formula is C22H11BrClNO6S2. The van der Waals surface area contributed by atoms with Gasteiger partial charge in [-0.05, 0) is 64.5 Å². The Morgan fingerprint density at radius 3 is 2.33 bits per heavy atom. The monoisotopic (exact) mass is 563 g/mol. The number of rotatable bonds is 5. The third-order valence-corrected chi connectivity index (χ3v) is 7.10. The van der Waals surface area contributed by atoms with Crippen molar-refractivity contribution in [2.75, 3.05) is 4.90 Å². The summed E-state index contributed by atoms with van der Waals surface area (Å²) in [6, 6.07) is 11.9. The molecule has 0 atom stereocenters. The second kappa shape index (κ2) is 9.14. The molecule has 0 bridgehead atoms. The van der Waals surface area contributed by atoms with Crippen LogP contribution < -0.4 is 4.90 Å². The molecule has 0 spiro atoms. The molecule has 1 aliphatic heterocycles. The smallest absolute Gasteiger partial charge is 0.335 e. The van der Waals surface area contributed by atoms with Crippen molar-refractivity contribution in [3.8, 4) is 11.3 Å². The summed E-state index contributed by atoms with van der Waals surface area (Å²) >= 11 is 15.9. The van der Waals surface area contributed by atoms with Crippen molar-refractivity contribution in [2.45, 2.75) is 0 Å². The number of hydrogen-bond donors (Lipinski definition) is 2. The van der Waals surface area contributed by atoms with Crippen LogP contribution in [0.25, 0.3) is 17.4 Å². The lowest BCUT2D eigenvalue weighted by atomic mass is 10.0. The normalized spacial score (nSPS) is 14.8. The summed E-state index contributed by atoms with van der Waals surface area (Å²) in [5, 5.41) is 19.0. The van der Waals surface area contributed by atoms with Crippen molar-refractivity contribution in [1.29, 1.82) is 0 Å². The van der Waals surface area contributed by atoms with Gasteiger partial charge in [-0.3, -0.25) is 9.69 Å². The summed E-state index contributed by atoms with van der Waals surface area (Å²) in [5.74, 6) is -2.30. The van der Waals surface area contributed by atoms with Gasteiger partial charge in [0.15, 0.2) is 4.32 Å². The first-order valence-corrected chi connectivity index (χ1v) is 11.5. The van der Waals surface area contributed by atoms with E-state index in [0.717, 1.165) is 17.8 Å². The number of carboxylic acid groups (broad SMARTS) is 2. The zero-order valence-electron chi connectivity index (χ0n) is 16.2. The number of carbonyl (C=O) groups excluding carboxylic acids is 1. The van der Waals surface area contributed by atoms with Crippen LogP contribution in [0.1, 0.15) is 26.5 Å². The summed E-state index contributed by atoms with van der Waals surface area (Å²) < 4.78 is 6.76. The number of halogens is 2. The second-order valence-electron chi connectivity index (χ2n) is 6.73. The maximum atomic E-state index is 13.0. The van der Waals surface area contributed by atoms with Gasteiger partial charge in [0.1, 0.15) is 11.5 Å². The lowest BCUT2D eigenvalue weighted by Gasteiger charge is -2.15. The molecule has 1 aromatic heterocycles. The van der Waals surface area contributed by atoms with Gasteiger partial charge in [0.2, 0.25) is 0 Å². The summed E-state index contributed by atoms with van der Waals surface area (Å²) in [6.07, 6.45) is 1.52. The number of nitrogens with zero attached hydrogens (tertiary/aromatic N) is 1. The first kappa shape index (κ1) is 23.2. The minimum Gasteiger partial charge on any atom is -0.478 e. The zero-order chi connectivity index (χ0) is 23.9. The molecule has 33 heavy (non-hydrogen) atoms. The highest BCUT2D eigenvalue weighted by Gasteiger charge is 2.33. The van der Waals surface area contributed by atoms with Crippen molar-refractivity contribution in [1.82, 2.24) is 0 Å². The molecule has 1 fully saturated rings. The van der Waals surface area contributed by atoms with Crippen LogP contribution in [0.3, 0.4) is 0 Å². The number of benzene rings is 2. The molecule has 0 unspecified atom stereocenters. The molecule has 0 aliphatic carbocycles. The predicted molar refractivity (Wildman–Crippen MR) is 133 cm³/mol. The fourth-order valence-corrected chi connectivity index (χ4v) is 4.75. The predicted octanol–water partition coefficient (Wildman–Crippen LogP) is 6.16. The molecule has 1 amide bonds. The van der Waals surface area contributed by atoms with Crippen LogP contribution in [0, 0.1) is 0 Å². The van der Waals surface area contributed by atoms with Crippen LogP contribution in [-0.2, 0) is 4.79 Å². The fourth-order valence-electron chi connectivity index (χ4n) is 3.05. The molecule has 4 rings (SSSR count). The second-order valence-corrected chi connectivity index (χ2v) is 9.66. The summed E-state index contributed by atoms with van der Waals surface area (Å²) in [6.45, 7) is 0. The molecule has 1 aliphatic rings. The Kier molecular flexibility index (Phi) is 6.44. The van der Waals surface area contributed by atoms with Gasteiger partial charge in [-0.15, -0.1) is 0 Å². The van der Waals surface area contributed by atoms with Gasteiger partial charge in [0.25, 0.3) is 5.91 Å². The van der Waals surface area contributed by atoms with E-state index in [2.05, 4.69) is 15.9 Å². The Hall–Kier alpha value is -2.92. The standard InChI is InChI=1S/C22H11BrClNO6S2/c23-15-3-1-13(8-16(15)24)25-19(26)18(33-22(25)32)9-14-2-4-17(31-14)10-5-11(20(27)28)7-12(6-10)21(29)30/h1-9H,(H,27,28)(H,29,30)/b18-9+. The third kappa shape index (κ3) is 4.74. The van der Waals surface area contributed by atoms with Crippen LogP contribution in [0.15, 0.2) is 62.3 Å². The van der Waals surface area contributed by atoms with Crippen molar-refractivity contribution < 1.29 is 29.0 Å². The molecule has 1 saturated heterocycles. The minimum absolute atomic E-state index is 0.183. The number of amides is 1. The Morgan fingerprint density at radius 2 is 1.73 bits per heavy atom. The van der Waals surface area contributed by atoms with E-state index in [0.29, 0.717) is 30.2 Å². The molecule has 2 N–H and O–H groups in total. The largest absolute Gasteiger partial charge is 0.478 e. The number of anilines is 1. The molecule has 11 heteroatoms. The van der Waals surface area contributed by atoms with E-state index >= 15 is 0 Å². The Bertz CT molecular complexity index is 1350. The number of carboxylic acids is 2. The average Bonchev–Trinajstić information content (AvgIpc) is 3.34. The maximum Gasteiger partial charge on any atom is 0.335 e. The number of thiocarbonyl (C=S) groups is 1. The van der Waals surface area contributed by atoms with E-state index in [1.807, 2.05) is 0 Å². The highest BCUT2D eigenvalue weighted by atomic mass is 79.9. The summed E-state index contributed by atoms with van der Waals surface area (Å²) in [4.78, 5) is 37.3. The highest BCUT2D eigenvalue weighted by molar-refractivity contribution is 9.10. The van der Waals surface area contributed by atoms with Crippen molar-refractivity contribution in [3.05, 3.63) is 79.8 Å². The Labute approximate surface area is 209 Å². The van der Waals surface area contributed by atoms with Crippen LogP contribution >= 0.6 is 51.5 Å². The molecule has 2 heterocycles. The molecule has 166 valence electrons. The third-order valence-electron chi connectivity index (χ3n) is 4.57. The number of aromatic carboxylic acids is 2. The molecule has 2 aromatic carbocycles. The van der Waals surface area contributed by atoms with Crippen LogP contribution in [-0.4, -0.2) is 32.4 Å².